The summed E-state index contributed by atoms with van der Waals surface area (Å²) < 4.78 is 0. The summed E-state index contributed by atoms with van der Waals surface area (Å²) >= 11 is 0. The van der Waals surface area contributed by atoms with Crippen molar-refractivity contribution >= 4 is 18.1 Å². The number of hydrogen-bond acceptors (Lipinski definition) is 2. The Balaban J connectivity index is 3.42. The van der Waals surface area contributed by atoms with E-state index < -0.39 is 5.97 Å². The van der Waals surface area contributed by atoms with Crippen LogP contribution < -0.4 is 0 Å². The molecule has 0 aliphatic heterocycles. The monoisotopic (exact) mass is 189 g/mol. The lowest BCUT2D eigenvalue weighted by Gasteiger charge is -2.03. The van der Waals surface area contributed by atoms with Crippen LogP contribution in [0.5, 0.6) is 0 Å². The van der Waals surface area contributed by atoms with E-state index in [2.05, 4.69) is 11.6 Å². The minimum absolute atomic E-state index is 0.0560. The maximum atomic E-state index is 10.8. The molecule has 0 atom stereocenters. The molecule has 1 rings (SSSR count). The molecule has 14 heavy (non-hydrogen) atoms. The van der Waals surface area contributed by atoms with Crippen molar-refractivity contribution in [2.45, 2.75) is 6.92 Å². The Labute approximate surface area is 82.4 Å². The van der Waals surface area contributed by atoms with Crippen LogP contribution in [0.4, 0.5) is 0 Å². The van der Waals surface area contributed by atoms with E-state index in [4.69, 9.17) is 5.11 Å². The van der Waals surface area contributed by atoms with Crippen LogP contribution in [0.25, 0.3) is 12.2 Å². The molecule has 0 amide bonds. The van der Waals surface area contributed by atoms with Crippen molar-refractivity contribution in [1.29, 1.82) is 0 Å². The molecule has 3 heteroatoms. The smallest absolute Gasteiger partial charge is 0.355 e. The van der Waals surface area contributed by atoms with Gasteiger partial charge in [0.15, 0.2) is 5.69 Å². The van der Waals surface area contributed by atoms with Crippen LogP contribution in [0.15, 0.2) is 24.9 Å². The molecule has 0 unspecified atom stereocenters. The van der Waals surface area contributed by atoms with Gasteiger partial charge in [-0.15, -0.1) is 0 Å². The van der Waals surface area contributed by atoms with Crippen LogP contribution in [0, 0.1) is 0 Å². The first-order valence-corrected chi connectivity index (χ1v) is 4.18. The first-order valence-electron chi connectivity index (χ1n) is 4.18. The Morgan fingerprint density at radius 1 is 1.64 bits per heavy atom. The first kappa shape index (κ1) is 10.2. The summed E-state index contributed by atoms with van der Waals surface area (Å²) in [7, 11) is 0. The van der Waals surface area contributed by atoms with Crippen LogP contribution >= 0.6 is 0 Å². The van der Waals surface area contributed by atoms with Crippen molar-refractivity contribution in [2.75, 3.05) is 0 Å². The molecule has 0 aromatic carbocycles. The maximum Gasteiger partial charge on any atom is 0.355 e. The lowest BCUT2D eigenvalue weighted by atomic mass is 10.1. The van der Waals surface area contributed by atoms with Crippen LogP contribution in [-0.2, 0) is 0 Å². The number of aromatic nitrogens is 1. The highest BCUT2D eigenvalue weighted by Crippen LogP contribution is 2.15. The third-order valence-electron chi connectivity index (χ3n) is 1.78. The van der Waals surface area contributed by atoms with Gasteiger partial charge in [-0.2, -0.15) is 0 Å². The van der Waals surface area contributed by atoms with Gasteiger partial charge in [-0.05, 0) is 18.6 Å². The molecule has 0 saturated carbocycles. The summed E-state index contributed by atoms with van der Waals surface area (Å²) in [4.78, 5) is 14.6. The van der Waals surface area contributed by atoms with Crippen molar-refractivity contribution < 1.29 is 9.90 Å². The van der Waals surface area contributed by atoms with E-state index in [1.165, 1.54) is 6.20 Å². The first-order chi connectivity index (χ1) is 6.70. The van der Waals surface area contributed by atoms with Crippen molar-refractivity contribution in [2.24, 2.45) is 0 Å². The number of rotatable bonds is 3. The number of aromatic carboxylic acids is 1. The Bertz CT molecular complexity index is 394. The molecule has 72 valence electrons. The molecule has 1 N–H and O–H groups in total. The van der Waals surface area contributed by atoms with Gasteiger partial charge in [0, 0.05) is 11.8 Å². The summed E-state index contributed by atoms with van der Waals surface area (Å²) in [6.45, 7) is 5.44. The van der Waals surface area contributed by atoms with Gasteiger partial charge in [0.05, 0.1) is 0 Å². The predicted molar refractivity (Wildman–Crippen MR) is 56.0 cm³/mol. The van der Waals surface area contributed by atoms with Gasteiger partial charge in [-0.1, -0.05) is 24.8 Å². The molecule has 0 fully saturated rings. The molecular weight excluding hydrogens is 178 g/mol. The van der Waals surface area contributed by atoms with Crippen molar-refractivity contribution in [1.82, 2.24) is 4.98 Å². The number of carboxylic acids is 1. The van der Waals surface area contributed by atoms with E-state index in [9.17, 15) is 4.79 Å². The fourth-order valence-corrected chi connectivity index (χ4v) is 1.18. The average Bonchev–Trinajstić information content (AvgIpc) is 2.18. The second-order valence-electron chi connectivity index (χ2n) is 2.67. The normalized spacial score (nSPS) is 10.4. The summed E-state index contributed by atoms with van der Waals surface area (Å²) in [6, 6.07) is 1.73. The molecule has 0 spiro atoms. The molecule has 1 heterocycles. The number of hydrogen-bond donors (Lipinski definition) is 1. The Morgan fingerprint density at radius 3 is 2.86 bits per heavy atom. The van der Waals surface area contributed by atoms with Crippen LogP contribution in [-0.4, -0.2) is 16.1 Å². The standard InChI is InChI=1S/C11H11NO2/c1-3-5-9-8(4-2)6-7-12-10(9)11(13)14/h3-7H,2H2,1H3,(H,13,14)/b5-3-. The topological polar surface area (TPSA) is 50.2 Å². The average molecular weight is 189 g/mol. The van der Waals surface area contributed by atoms with Gasteiger partial charge < -0.3 is 5.11 Å². The van der Waals surface area contributed by atoms with E-state index >= 15 is 0 Å². The Hall–Kier alpha value is -1.90. The molecule has 0 saturated heterocycles. The summed E-state index contributed by atoms with van der Waals surface area (Å²) in [6.07, 6.45) is 6.57. The fraction of sp³-hybridized carbons (Fsp3) is 0.0909. The highest BCUT2D eigenvalue weighted by atomic mass is 16.4. The fourth-order valence-electron chi connectivity index (χ4n) is 1.18. The molecule has 1 aromatic heterocycles. The minimum Gasteiger partial charge on any atom is -0.476 e. The number of nitrogens with zero attached hydrogens (tertiary/aromatic N) is 1. The molecule has 0 radical (unpaired) electrons. The predicted octanol–water partition coefficient (Wildman–Crippen LogP) is 2.46. The summed E-state index contributed by atoms with van der Waals surface area (Å²) in [5.41, 5.74) is 1.42. The zero-order valence-electron chi connectivity index (χ0n) is 7.90. The summed E-state index contributed by atoms with van der Waals surface area (Å²) in [5, 5.41) is 8.88. The highest BCUT2D eigenvalue weighted by molar-refractivity contribution is 5.91. The van der Waals surface area contributed by atoms with E-state index in [-0.39, 0.29) is 5.69 Å². The van der Waals surface area contributed by atoms with E-state index in [0.717, 1.165) is 5.56 Å². The van der Waals surface area contributed by atoms with E-state index in [0.29, 0.717) is 5.56 Å². The van der Waals surface area contributed by atoms with Gasteiger partial charge in [-0.25, -0.2) is 9.78 Å². The van der Waals surface area contributed by atoms with Crippen LogP contribution in [0.3, 0.4) is 0 Å². The lowest BCUT2D eigenvalue weighted by molar-refractivity contribution is 0.0690. The number of allylic oxidation sites excluding steroid dienone is 1. The lowest BCUT2D eigenvalue weighted by Crippen LogP contribution is -2.04. The Morgan fingerprint density at radius 2 is 2.36 bits per heavy atom. The molecule has 3 nitrogen and oxygen atoms in total. The third kappa shape index (κ3) is 1.88. The SMILES string of the molecule is C=Cc1ccnc(C(=O)O)c1/C=C\C. The maximum absolute atomic E-state index is 10.8. The Kier molecular flexibility index (Phi) is 3.18. The number of carbonyl (C=O) groups is 1. The molecule has 0 aliphatic carbocycles. The summed E-state index contributed by atoms with van der Waals surface area (Å²) in [5.74, 6) is -1.03. The zero-order chi connectivity index (χ0) is 10.6. The molecule has 1 aromatic rings. The molecular formula is C11H11NO2. The van der Waals surface area contributed by atoms with Gasteiger partial charge in [0.2, 0.25) is 0 Å². The van der Waals surface area contributed by atoms with Crippen LogP contribution in [0.2, 0.25) is 0 Å². The zero-order valence-corrected chi connectivity index (χ0v) is 7.90. The quantitative estimate of drug-likeness (QED) is 0.794. The largest absolute Gasteiger partial charge is 0.476 e. The second kappa shape index (κ2) is 4.37. The number of pyridine rings is 1. The van der Waals surface area contributed by atoms with Crippen molar-refractivity contribution in [3.63, 3.8) is 0 Å². The van der Waals surface area contributed by atoms with E-state index in [1.54, 1.807) is 24.3 Å². The van der Waals surface area contributed by atoms with Gasteiger partial charge in [0.1, 0.15) is 0 Å². The minimum atomic E-state index is -1.03. The van der Waals surface area contributed by atoms with Gasteiger partial charge in [-0.3, -0.25) is 0 Å². The highest BCUT2D eigenvalue weighted by Gasteiger charge is 2.11. The third-order valence-corrected chi connectivity index (χ3v) is 1.78. The van der Waals surface area contributed by atoms with Crippen molar-refractivity contribution in [3.05, 3.63) is 41.7 Å². The molecule has 0 bridgehead atoms. The van der Waals surface area contributed by atoms with Gasteiger partial charge in [0.25, 0.3) is 0 Å². The van der Waals surface area contributed by atoms with Crippen LogP contribution in [0.1, 0.15) is 28.5 Å². The number of carboxylic acid groups (broad SMARTS) is 1. The van der Waals surface area contributed by atoms with E-state index in [1.807, 2.05) is 6.92 Å². The van der Waals surface area contributed by atoms with Gasteiger partial charge >= 0.3 is 5.97 Å². The molecule has 0 aliphatic rings. The van der Waals surface area contributed by atoms with Crippen molar-refractivity contribution in [3.8, 4) is 0 Å². The second-order valence-corrected chi connectivity index (χ2v) is 2.67.